The van der Waals surface area contributed by atoms with Gasteiger partial charge in [0.15, 0.2) is 6.10 Å². The third-order valence-corrected chi connectivity index (χ3v) is 3.43. The Morgan fingerprint density at radius 1 is 1.33 bits per heavy atom. The van der Waals surface area contributed by atoms with Crippen LogP contribution < -0.4 is 5.32 Å². The molecule has 0 spiro atoms. The Morgan fingerprint density at radius 2 is 1.94 bits per heavy atom. The maximum Gasteiger partial charge on any atom is 0.253 e. The number of hydrogen-bond acceptors (Lipinski definition) is 3. The lowest BCUT2D eigenvalue weighted by molar-refractivity contribution is -0.130. The van der Waals surface area contributed by atoms with Gasteiger partial charge in [-0.05, 0) is 38.5 Å². The number of aliphatic hydroxyl groups excluding tert-OH is 1. The minimum absolute atomic E-state index is 0.187. The lowest BCUT2D eigenvalue weighted by Gasteiger charge is -2.30. The van der Waals surface area contributed by atoms with Gasteiger partial charge in [0.25, 0.3) is 5.91 Å². The van der Waals surface area contributed by atoms with Crippen molar-refractivity contribution in [3.63, 3.8) is 0 Å². The third-order valence-electron chi connectivity index (χ3n) is 3.43. The number of benzene rings is 1. The first-order chi connectivity index (χ1) is 8.66. The molecule has 1 aliphatic heterocycles. The zero-order valence-electron chi connectivity index (χ0n) is 10.7. The van der Waals surface area contributed by atoms with Gasteiger partial charge in [-0.15, -0.1) is 0 Å². The summed E-state index contributed by atoms with van der Waals surface area (Å²) in [5.41, 5.74) is 0.642. The molecule has 2 rings (SSSR count). The van der Waals surface area contributed by atoms with Gasteiger partial charge in [0.1, 0.15) is 0 Å². The summed E-state index contributed by atoms with van der Waals surface area (Å²) >= 11 is 0. The number of aliphatic hydroxyl groups is 1. The first-order valence-electron chi connectivity index (χ1n) is 6.39. The molecule has 1 aromatic carbocycles. The summed E-state index contributed by atoms with van der Waals surface area (Å²) in [4.78, 5) is 14.2. The predicted molar refractivity (Wildman–Crippen MR) is 70.1 cm³/mol. The number of hydrogen-bond donors (Lipinski definition) is 2. The van der Waals surface area contributed by atoms with Crippen molar-refractivity contribution in [3.8, 4) is 0 Å². The number of amides is 1. The molecule has 1 aromatic rings. The Kier molecular flexibility index (Phi) is 4.33. The molecule has 0 unspecified atom stereocenters. The minimum Gasteiger partial charge on any atom is -0.378 e. The first-order valence-corrected chi connectivity index (χ1v) is 6.39. The van der Waals surface area contributed by atoms with E-state index in [0.29, 0.717) is 5.56 Å². The number of nitrogens with one attached hydrogen (secondary N) is 1. The number of carbonyl (C=O) groups excluding carboxylic acids is 1. The summed E-state index contributed by atoms with van der Waals surface area (Å²) in [7, 11) is 2.08. The van der Waals surface area contributed by atoms with E-state index < -0.39 is 6.10 Å². The van der Waals surface area contributed by atoms with Gasteiger partial charge in [-0.3, -0.25) is 4.79 Å². The summed E-state index contributed by atoms with van der Waals surface area (Å²) in [5.74, 6) is -0.296. The monoisotopic (exact) mass is 248 g/mol. The smallest absolute Gasteiger partial charge is 0.253 e. The number of likely N-dealkylation sites (tertiary alicyclic amines) is 1. The number of nitrogens with zero attached hydrogens (tertiary/aromatic N) is 1. The van der Waals surface area contributed by atoms with Crippen LogP contribution in [0.5, 0.6) is 0 Å². The van der Waals surface area contributed by atoms with Gasteiger partial charge in [0.05, 0.1) is 0 Å². The maximum atomic E-state index is 11.9. The van der Waals surface area contributed by atoms with Gasteiger partial charge in [-0.25, -0.2) is 0 Å². The van der Waals surface area contributed by atoms with Crippen molar-refractivity contribution in [1.29, 1.82) is 0 Å². The molecule has 1 heterocycles. The molecule has 18 heavy (non-hydrogen) atoms. The zero-order chi connectivity index (χ0) is 13.0. The van der Waals surface area contributed by atoms with Crippen molar-refractivity contribution in [2.75, 3.05) is 20.1 Å². The normalized spacial score (nSPS) is 19.4. The maximum absolute atomic E-state index is 11.9. The van der Waals surface area contributed by atoms with Crippen LogP contribution in [0, 0.1) is 0 Å². The fraction of sp³-hybridized carbons (Fsp3) is 0.500. The average Bonchev–Trinajstić information content (AvgIpc) is 2.41. The van der Waals surface area contributed by atoms with Crippen LogP contribution in [0.25, 0.3) is 0 Å². The largest absolute Gasteiger partial charge is 0.378 e. The molecular weight excluding hydrogens is 228 g/mol. The molecular formula is C14H20N2O2. The van der Waals surface area contributed by atoms with Crippen LogP contribution >= 0.6 is 0 Å². The fourth-order valence-corrected chi connectivity index (χ4v) is 2.22. The second kappa shape index (κ2) is 5.98. The van der Waals surface area contributed by atoms with Crippen molar-refractivity contribution < 1.29 is 9.90 Å². The van der Waals surface area contributed by atoms with Crippen LogP contribution in [0.1, 0.15) is 24.5 Å². The van der Waals surface area contributed by atoms with Crippen LogP contribution in [0.15, 0.2) is 30.3 Å². The summed E-state index contributed by atoms with van der Waals surface area (Å²) in [5, 5.41) is 12.9. The highest BCUT2D eigenvalue weighted by molar-refractivity contribution is 5.82. The molecule has 4 nitrogen and oxygen atoms in total. The highest BCUT2D eigenvalue weighted by Crippen LogP contribution is 2.14. The highest BCUT2D eigenvalue weighted by atomic mass is 16.3. The highest BCUT2D eigenvalue weighted by Gasteiger charge is 2.22. The van der Waals surface area contributed by atoms with Gasteiger partial charge in [-0.1, -0.05) is 30.3 Å². The second-order valence-corrected chi connectivity index (χ2v) is 4.90. The van der Waals surface area contributed by atoms with Gasteiger partial charge in [0.2, 0.25) is 0 Å². The minimum atomic E-state index is -1.06. The predicted octanol–water partition coefficient (Wildman–Crippen LogP) is 0.930. The molecule has 1 amide bonds. The number of carbonyl (C=O) groups is 1. The molecule has 1 aliphatic rings. The van der Waals surface area contributed by atoms with Crippen LogP contribution in [0.2, 0.25) is 0 Å². The van der Waals surface area contributed by atoms with E-state index in [-0.39, 0.29) is 11.9 Å². The van der Waals surface area contributed by atoms with Crippen LogP contribution in [0.3, 0.4) is 0 Å². The van der Waals surface area contributed by atoms with Gasteiger partial charge < -0.3 is 15.3 Å². The molecule has 1 atom stereocenters. The van der Waals surface area contributed by atoms with Crippen LogP contribution in [-0.4, -0.2) is 42.1 Å². The molecule has 1 fully saturated rings. The molecule has 98 valence electrons. The van der Waals surface area contributed by atoms with E-state index in [4.69, 9.17) is 0 Å². The zero-order valence-corrected chi connectivity index (χ0v) is 10.7. The molecule has 0 saturated carbocycles. The quantitative estimate of drug-likeness (QED) is 0.836. The second-order valence-electron chi connectivity index (χ2n) is 4.90. The Bertz CT molecular complexity index is 386. The molecule has 0 radical (unpaired) electrons. The Hall–Kier alpha value is -1.39. The van der Waals surface area contributed by atoms with E-state index in [1.165, 1.54) is 0 Å². The third kappa shape index (κ3) is 3.31. The number of rotatable bonds is 3. The van der Waals surface area contributed by atoms with Crippen LogP contribution in [0.4, 0.5) is 0 Å². The van der Waals surface area contributed by atoms with E-state index in [9.17, 15) is 9.90 Å². The van der Waals surface area contributed by atoms with Crippen LogP contribution in [-0.2, 0) is 4.79 Å². The lowest BCUT2D eigenvalue weighted by atomic mass is 10.0. The van der Waals surface area contributed by atoms with Gasteiger partial charge in [-0.2, -0.15) is 0 Å². The van der Waals surface area contributed by atoms with Crippen molar-refractivity contribution in [2.45, 2.75) is 25.0 Å². The topological polar surface area (TPSA) is 52.6 Å². The molecule has 2 N–H and O–H groups in total. The lowest BCUT2D eigenvalue weighted by Crippen LogP contribution is -2.44. The van der Waals surface area contributed by atoms with Gasteiger partial charge in [0, 0.05) is 6.04 Å². The first kappa shape index (κ1) is 13.1. The van der Waals surface area contributed by atoms with E-state index in [1.54, 1.807) is 12.1 Å². The summed E-state index contributed by atoms with van der Waals surface area (Å²) in [6.45, 7) is 1.98. The summed E-state index contributed by atoms with van der Waals surface area (Å²) < 4.78 is 0. The Morgan fingerprint density at radius 3 is 2.56 bits per heavy atom. The molecule has 0 aromatic heterocycles. The Labute approximate surface area is 108 Å². The van der Waals surface area contributed by atoms with Crippen molar-refractivity contribution in [2.24, 2.45) is 0 Å². The number of piperidine rings is 1. The molecule has 0 bridgehead atoms. The van der Waals surface area contributed by atoms with E-state index in [2.05, 4.69) is 17.3 Å². The van der Waals surface area contributed by atoms with E-state index in [1.807, 2.05) is 18.2 Å². The van der Waals surface area contributed by atoms with Crippen molar-refractivity contribution in [1.82, 2.24) is 10.2 Å². The summed E-state index contributed by atoms with van der Waals surface area (Å²) in [6.07, 6.45) is 0.832. The summed E-state index contributed by atoms with van der Waals surface area (Å²) in [6, 6.07) is 9.22. The molecule has 4 heteroatoms. The fourth-order valence-electron chi connectivity index (χ4n) is 2.22. The SMILES string of the molecule is CN1CCC(NC(=O)[C@@H](O)c2ccccc2)CC1. The standard InChI is InChI=1S/C14H20N2O2/c1-16-9-7-12(8-10-16)15-14(18)13(17)11-5-3-2-4-6-11/h2-6,12-13,17H,7-10H2,1H3,(H,15,18)/t13-/m0/s1. The molecule has 1 saturated heterocycles. The van der Waals surface area contributed by atoms with Gasteiger partial charge >= 0.3 is 0 Å². The molecule has 0 aliphatic carbocycles. The van der Waals surface area contributed by atoms with E-state index >= 15 is 0 Å². The Balaban J connectivity index is 1.88. The van der Waals surface area contributed by atoms with Crippen molar-refractivity contribution in [3.05, 3.63) is 35.9 Å². The van der Waals surface area contributed by atoms with Crippen molar-refractivity contribution >= 4 is 5.91 Å². The van der Waals surface area contributed by atoms with E-state index in [0.717, 1.165) is 25.9 Å². The average molecular weight is 248 g/mol.